The first-order chi connectivity index (χ1) is 24.8. The van der Waals surface area contributed by atoms with Gasteiger partial charge in [-0.05, 0) is 70.5 Å². The number of halogens is 1. The summed E-state index contributed by atoms with van der Waals surface area (Å²) in [6, 6.07) is 8.48. The molecule has 0 fully saturated rings. The minimum absolute atomic E-state index is 0.0777. The van der Waals surface area contributed by atoms with Crippen LogP contribution in [0.25, 0.3) is 0 Å². The number of benzene rings is 1. The summed E-state index contributed by atoms with van der Waals surface area (Å²) in [5.41, 5.74) is 1.47. The van der Waals surface area contributed by atoms with E-state index in [0.717, 1.165) is 37.7 Å². The number of rotatable bonds is 10. The van der Waals surface area contributed by atoms with Gasteiger partial charge in [-0.25, -0.2) is 28.1 Å². The van der Waals surface area contributed by atoms with Crippen LogP contribution in [0.1, 0.15) is 149 Å². The number of aromatic nitrogens is 3. The van der Waals surface area contributed by atoms with Crippen molar-refractivity contribution < 1.29 is 0 Å². The third kappa shape index (κ3) is 29.9. The first-order valence-electron chi connectivity index (χ1n) is 20.0. The molecule has 0 radical (unpaired) electrons. The van der Waals surface area contributed by atoms with E-state index >= 15 is 0 Å². The molecule has 1 aliphatic heterocycles. The predicted octanol–water partition coefficient (Wildman–Crippen LogP) is 11.4. The number of hydrogen-bond acceptors (Lipinski definition) is 5. The highest BCUT2D eigenvalue weighted by Gasteiger charge is 2.16. The van der Waals surface area contributed by atoms with E-state index < -0.39 is 17.1 Å². The summed E-state index contributed by atoms with van der Waals surface area (Å²) in [4.78, 5) is 43.4. The number of allylic oxidation sites excluding steroid dienone is 2. The molecule has 0 saturated heterocycles. The highest BCUT2D eigenvalue weighted by molar-refractivity contribution is 9.10. The number of nitrogens with zero attached hydrogens (tertiary/aromatic N) is 5. The topological polar surface area (TPSA) is 81.6 Å². The van der Waals surface area contributed by atoms with Crippen LogP contribution < -0.4 is 17.1 Å². The number of hydrogen-bond donors (Lipinski definition) is 0. The Balaban J connectivity index is 0. The standard InChI is InChI=1S/C16H25N3O3.C10H13Br.C10H20N2.2C5H12/c1-6-10-17-13(20)18(11-7-2)15(22)19(14(17)21)12-8-9-16(3,4)5;1-10(2,3)8-4-6-9(11)7-5-8;1-10(2,3)5-4-7-12-8-6-11-9-12;2*1-5(2,3)4/h6-7H,1-2,8-12H2,3-5H3;4-7H,1-3H3;9H,4-8H2,1-3H3;2*1-4H3. The molecule has 55 heavy (non-hydrogen) atoms. The molecule has 8 nitrogen and oxygen atoms in total. The van der Waals surface area contributed by atoms with Crippen LogP contribution in [0, 0.1) is 21.7 Å². The van der Waals surface area contributed by atoms with E-state index in [-0.39, 0.29) is 23.9 Å². The Hall–Kier alpha value is -2.94. The third-order valence-electron chi connectivity index (χ3n) is 7.16. The van der Waals surface area contributed by atoms with Crippen LogP contribution >= 0.6 is 15.9 Å². The van der Waals surface area contributed by atoms with Crippen molar-refractivity contribution in [3.05, 3.63) is 91.1 Å². The molecule has 0 atom stereocenters. The van der Waals surface area contributed by atoms with Crippen LogP contribution in [0.3, 0.4) is 0 Å². The zero-order valence-corrected chi connectivity index (χ0v) is 40.0. The van der Waals surface area contributed by atoms with Crippen molar-refractivity contribution in [2.24, 2.45) is 26.7 Å². The predicted molar refractivity (Wildman–Crippen MR) is 245 cm³/mol. The van der Waals surface area contributed by atoms with Gasteiger partial charge in [0, 0.05) is 24.1 Å². The van der Waals surface area contributed by atoms with Crippen molar-refractivity contribution in [3.63, 3.8) is 0 Å². The molecule has 3 rings (SSSR count). The van der Waals surface area contributed by atoms with E-state index in [9.17, 15) is 14.4 Å². The Labute approximate surface area is 345 Å². The zero-order chi connectivity index (χ0) is 43.4. The van der Waals surface area contributed by atoms with Crippen LogP contribution in [0.4, 0.5) is 0 Å². The lowest BCUT2D eigenvalue weighted by Gasteiger charge is -2.20. The van der Waals surface area contributed by atoms with Crippen LogP contribution in [-0.2, 0) is 25.0 Å². The molecule has 2 heterocycles. The molecule has 1 aromatic heterocycles. The molecule has 0 unspecified atom stereocenters. The van der Waals surface area contributed by atoms with E-state index in [4.69, 9.17) is 0 Å². The maximum atomic E-state index is 12.4. The van der Waals surface area contributed by atoms with E-state index in [1.54, 1.807) is 0 Å². The molecular weight excluding hydrogens is 750 g/mol. The third-order valence-corrected chi connectivity index (χ3v) is 7.69. The Bertz CT molecular complexity index is 1520. The quantitative estimate of drug-likeness (QED) is 0.223. The fourth-order valence-corrected chi connectivity index (χ4v) is 4.83. The van der Waals surface area contributed by atoms with Gasteiger partial charge in [-0.1, -0.05) is 158 Å². The fraction of sp³-hybridized carbons (Fsp3) is 0.696. The summed E-state index contributed by atoms with van der Waals surface area (Å²) in [7, 11) is 0. The molecule has 0 N–H and O–H groups in total. The lowest BCUT2D eigenvalue weighted by atomic mass is 9.87. The Morgan fingerprint density at radius 2 is 0.982 bits per heavy atom. The minimum Gasteiger partial charge on any atom is -0.361 e. The first-order valence-corrected chi connectivity index (χ1v) is 20.8. The van der Waals surface area contributed by atoms with E-state index in [1.807, 2.05) is 6.34 Å². The van der Waals surface area contributed by atoms with Crippen molar-refractivity contribution >= 4 is 22.3 Å². The first kappa shape index (κ1) is 54.2. The average Bonchev–Trinajstić information content (AvgIpc) is 3.50. The molecule has 0 amide bonds. The van der Waals surface area contributed by atoms with Crippen LogP contribution in [0.5, 0.6) is 0 Å². The van der Waals surface area contributed by atoms with Crippen LogP contribution in [0.15, 0.2) is 73.4 Å². The second-order valence-corrected chi connectivity index (χ2v) is 21.9. The smallest absolute Gasteiger partial charge is 0.336 e. The Kier molecular flexibility index (Phi) is 24.3. The van der Waals surface area contributed by atoms with Crippen molar-refractivity contribution in [2.75, 3.05) is 19.6 Å². The van der Waals surface area contributed by atoms with Gasteiger partial charge in [0.05, 0.1) is 26.0 Å². The summed E-state index contributed by atoms with van der Waals surface area (Å²) >= 11 is 3.41. The maximum absolute atomic E-state index is 12.4. The summed E-state index contributed by atoms with van der Waals surface area (Å²) in [5.74, 6) is 0. The maximum Gasteiger partial charge on any atom is 0.336 e. The summed E-state index contributed by atoms with van der Waals surface area (Å²) in [5, 5.41) is 0. The van der Waals surface area contributed by atoms with Gasteiger partial charge in [-0.3, -0.25) is 4.99 Å². The van der Waals surface area contributed by atoms with Crippen molar-refractivity contribution in [2.45, 2.75) is 168 Å². The molecule has 0 saturated carbocycles. The monoisotopic (exact) mass is 832 g/mol. The van der Waals surface area contributed by atoms with Gasteiger partial charge < -0.3 is 4.90 Å². The second kappa shape index (κ2) is 24.6. The SMILES string of the molecule is C=CCn1c(=O)n(CC=C)c(=O)n(CCCC(C)(C)C)c1=O.CC(C)(C)C.CC(C)(C)C.CC(C)(C)CCCN1C=NCC1.CC(C)(C)c1ccc(Br)cc1. The van der Waals surface area contributed by atoms with E-state index in [2.05, 4.69) is 181 Å². The van der Waals surface area contributed by atoms with Crippen molar-refractivity contribution in [1.29, 1.82) is 0 Å². The number of aliphatic imine (C=N–C) groups is 1. The fourth-order valence-electron chi connectivity index (χ4n) is 4.56. The van der Waals surface area contributed by atoms with Gasteiger partial charge in [0.2, 0.25) is 0 Å². The van der Waals surface area contributed by atoms with Gasteiger partial charge in [0.15, 0.2) is 0 Å². The highest BCUT2D eigenvalue weighted by Crippen LogP contribution is 2.24. The molecule has 316 valence electrons. The van der Waals surface area contributed by atoms with Gasteiger partial charge >= 0.3 is 17.1 Å². The summed E-state index contributed by atoms with van der Waals surface area (Å²) in [6.45, 7) is 48.2. The van der Waals surface area contributed by atoms with Gasteiger partial charge in [-0.15, -0.1) is 13.2 Å². The summed E-state index contributed by atoms with van der Waals surface area (Å²) < 4.78 is 4.31. The lowest BCUT2D eigenvalue weighted by Crippen LogP contribution is -2.54. The highest BCUT2D eigenvalue weighted by atomic mass is 79.9. The molecule has 1 aliphatic rings. The average molecular weight is 833 g/mol. The van der Waals surface area contributed by atoms with Crippen LogP contribution in [0.2, 0.25) is 0 Å². The molecule has 0 spiro atoms. The molecule has 0 bridgehead atoms. The van der Waals surface area contributed by atoms with E-state index in [1.165, 1.54) is 37.1 Å². The minimum atomic E-state index is -0.623. The molecular formula is C46H82BrN5O3. The van der Waals surface area contributed by atoms with Crippen molar-refractivity contribution in [3.8, 4) is 0 Å². The largest absolute Gasteiger partial charge is 0.361 e. The Morgan fingerprint density at radius 3 is 1.29 bits per heavy atom. The second-order valence-electron chi connectivity index (χ2n) is 20.9. The normalized spacial score (nSPS) is 12.9. The van der Waals surface area contributed by atoms with Gasteiger partial charge in [0.25, 0.3) is 0 Å². The van der Waals surface area contributed by atoms with Gasteiger partial charge in [-0.2, -0.15) is 0 Å². The molecule has 0 aliphatic carbocycles. The lowest BCUT2D eigenvalue weighted by molar-refractivity contribution is 0.336. The Morgan fingerprint density at radius 1 is 0.618 bits per heavy atom. The van der Waals surface area contributed by atoms with E-state index in [0.29, 0.717) is 29.2 Å². The molecule has 1 aromatic carbocycles. The van der Waals surface area contributed by atoms with Crippen molar-refractivity contribution in [1.82, 2.24) is 18.6 Å². The zero-order valence-electron chi connectivity index (χ0n) is 38.4. The molecule has 2 aromatic rings. The van der Waals surface area contributed by atoms with Crippen LogP contribution in [-0.4, -0.2) is 44.6 Å². The summed E-state index contributed by atoms with van der Waals surface area (Å²) in [6.07, 6.45) is 9.07. The van der Waals surface area contributed by atoms with Gasteiger partial charge in [0.1, 0.15) is 0 Å². The molecule has 9 heteroatoms.